The minimum atomic E-state index is -2.64. The highest BCUT2D eigenvalue weighted by molar-refractivity contribution is 6.60. The number of hydrogen-bond donors (Lipinski definition) is 1. The van der Waals surface area contributed by atoms with E-state index in [4.69, 9.17) is 18.0 Å². The average molecular weight is 471 g/mol. The summed E-state index contributed by atoms with van der Waals surface area (Å²) in [6.07, 6.45) is 3.85. The SMILES string of the molecule is CCC[N+](CCC)(CCC)CCOC(=O)NCCC[Si](OCC)(OCC)OCC.[Cl-]. The molecule has 0 bridgehead atoms. The molecule has 0 heterocycles. The van der Waals surface area contributed by atoms with Crippen molar-refractivity contribution in [3.05, 3.63) is 0 Å². The highest BCUT2D eigenvalue weighted by Gasteiger charge is 2.39. The van der Waals surface area contributed by atoms with Crippen LogP contribution < -0.4 is 17.7 Å². The average Bonchev–Trinajstić information content (AvgIpc) is 2.67. The second-order valence-electron chi connectivity index (χ2n) is 7.38. The molecule has 0 radical (unpaired) electrons. The van der Waals surface area contributed by atoms with E-state index < -0.39 is 8.80 Å². The molecule has 0 saturated carbocycles. The lowest BCUT2D eigenvalue weighted by Crippen LogP contribution is -3.00. The van der Waals surface area contributed by atoms with Gasteiger partial charge < -0.3 is 40.2 Å². The Labute approximate surface area is 192 Å². The summed E-state index contributed by atoms with van der Waals surface area (Å²) in [6.45, 7) is 19.5. The molecule has 0 unspecified atom stereocenters. The van der Waals surface area contributed by atoms with E-state index in [2.05, 4.69) is 26.1 Å². The Kier molecular flexibility index (Phi) is 20.5. The molecule has 0 aromatic heterocycles. The zero-order valence-electron chi connectivity index (χ0n) is 20.3. The molecule has 7 nitrogen and oxygen atoms in total. The van der Waals surface area contributed by atoms with Crippen LogP contribution in [0.4, 0.5) is 4.79 Å². The molecule has 30 heavy (non-hydrogen) atoms. The second-order valence-corrected chi connectivity index (χ2v) is 10.1. The van der Waals surface area contributed by atoms with Gasteiger partial charge >= 0.3 is 14.9 Å². The van der Waals surface area contributed by atoms with Gasteiger partial charge in [0.1, 0.15) is 13.2 Å². The fraction of sp³-hybridized carbons (Fsp3) is 0.952. The Hall–Kier alpha value is -0.383. The van der Waals surface area contributed by atoms with Crippen LogP contribution in [0.1, 0.15) is 67.2 Å². The zero-order chi connectivity index (χ0) is 22.0. The summed E-state index contributed by atoms with van der Waals surface area (Å²) in [5.74, 6) is 0. The number of ether oxygens (including phenoxy) is 1. The van der Waals surface area contributed by atoms with Crippen LogP contribution >= 0.6 is 0 Å². The van der Waals surface area contributed by atoms with Crippen molar-refractivity contribution in [1.29, 1.82) is 0 Å². The van der Waals surface area contributed by atoms with Crippen molar-refractivity contribution in [2.75, 3.05) is 59.2 Å². The van der Waals surface area contributed by atoms with Crippen LogP contribution in [0.5, 0.6) is 0 Å². The van der Waals surface area contributed by atoms with Crippen molar-refractivity contribution in [2.24, 2.45) is 0 Å². The van der Waals surface area contributed by atoms with Gasteiger partial charge in [0.05, 0.1) is 19.6 Å². The molecule has 9 heteroatoms. The number of quaternary nitrogens is 1. The Bertz CT molecular complexity index is 385. The van der Waals surface area contributed by atoms with Crippen LogP contribution in [0.25, 0.3) is 0 Å². The molecule has 0 aliphatic rings. The highest BCUT2D eigenvalue weighted by Crippen LogP contribution is 2.18. The predicted molar refractivity (Wildman–Crippen MR) is 120 cm³/mol. The maximum atomic E-state index is 12.1. The number of alkyl carbamates (subject to hydrolysis) is 1. The van der Waals surface area contributed by atoms with E-state index in [-0.39, 0.29) is 18.5 Å². The molecule has 0 aromatic rings. The van der Waals surface area contributed by atoms with E-state index in [0.717, 1.165) is 56.3 Å². The second kappa shape index (κ2) is 19.3. The van der Waals surface area contributed by atoms with E-state index in [1.807, 2.05) is 20.8 Å². The first-order chi connectivity index (χ1) is 14.0. The van der Waals surface area contributed by atoms with Gasteiger partial charge in [-0.15, -0.1) is 0 Å². The molecule has 182 valence electrons. The molecular formula is C21H47ClN2O5Si. The molecule has 1 N–H and O–H groups in total. The van der Waals surface area contributed by atoms with Crippen LogP contribution in [0.2, 0.25) is 6.04 Å². The normalized spacial score (nSPS) is 11.8. The standard InChI is InChI=1S/C21H46N2O5Si.ClH/c1-7-15-23(16-8-2,17-9-3)18-19-25-21(24)22-14-13-20-29(26-10-4,27-11-5)28-12-6;/h7-20H2,1-6H3;1H. The first-order valence-electron chi connectivity index (χ1n) is 11.6. The van der Waals surface area contributed by atoms with Gasteiger partial charge in [0.15, 0.2) is 0 Å². The van der Waals surface area contributed by atoms with Crippen LogP contribution in [0.15, 0.2) is 0 Å². The van der Waals surface area contributed by atoms with Gasteiger partial charge in [0.25, 0.3) is 0 Å². The number of nitrogens with one attached hydrogen (secondary N) is 1. The molecule has 0 spiro atoms. The molecule has 0 atom stereocenters. The summed E-state index contributed by atoms with van der Waals surface area (Å²) in [5.41, 5.74) is 0. The number of halogens is 1. The molecule has 0 saturated heterocycles. The number of rotatable bonds is 19. The number of amides is 1. The molecule has 0 fully saturated rings. The topological polar surface area (TPSA) is 66.0 Å². The highest BCUT2D eigenvalue weighted by atomic mass is 35.5. The van der Waals surface area contributed by atoms with Crippen LogP contribution in [-0.4, -0.2) is 78.5 Å². The van der Waals surface area contributed by atoms with Gasteiger partial charge in [-0.1, -0.05) is 20.8 Å². The van der Waals surface area contributed by atoms with Gasteiger partial charge in [-0.3, -0.25) is 0 Å². The quantitative estimate of drug-likeness (QED) is 0.174. The van der Waals surface area contributed by atoms with E-state index >= 15 is 0 Å². The smallest absolute Gasteiger partial charge is 0.500 e. The number of hydrogen-bond acceptors (Lipinski definition) is 5. The molecule has 0 aliphatic carbocycles. The van der Waals surface area contributed by atoms with Gasteiger partial charge in [-0.05, 0) is 46.5 Å². The van der Waals surface area contributed by atoms with Gasteiger partial charge in [-0.2, -0.15) is 0 Å². The maximum Gasteiger partial charge on any atom is 0.500 e. The van der Waals surface area contributed by atoms with Crippen molar-refractivity contribution in [3.8, 4) is 0 Å². The van der Waals surface area contributed by atoms with Crippen molar-refractivity contribution >= 4 is 14.9 Å². The van der Waals surface area contributed by atoms with Gasteiger partial charge in [0, 0.05) is 32.4 Å². The fourth-order valence-corrected chi connectivity index (χ4v) is 6.59. The van der Waals surface area contributed by atoms with E-state index in [9.17, 15) is 4.79 Å². The van der Waals surface area contributed by atoms with E-state index in [1.165, 1.54) is 0 Å². The minimum Gasteiger partial charge on any atom is -1.00 e. The zero-order valence-corrected chi connectivity index (χ0v) is 22.0. The summed E-state index contributed by atoms with van der Waals surface area (Å²) in [7, 11) is -2.64. The first-order valence-corrected chi connectivity index (χ1v) is 13.6. The van der Waals surface area contributed by atoms with Crippen molar-refractivity contribution in [3.63, 3.8) is 0 Å². The Morgan fingerprint density at radius 1 is 0.800 bits per heavy atom. The molecular weight excluding hydrogens is 424 g/mol. The maximum absolute atomic E-state index is 12.1. The fourth-order valence-electron chi connectivity index (χ4n) is 3.97. The van der Waals surface area contributed by atoms with Crippen molar-refractivity contribution in [2.45, 2.75) is 73.3 Å². The predicted octanol–water partition coefficient (Wildman–Crippen LogP) is 1.20. The Balaban J connectivity index is 0. The van der Waals surface area contributed by atoms with Gasteiger partial charge in [-0.25, -0.2) is 4.79 Å². The lowest BCUT2D eigenvalue weighted by Gasteiger charge is -2.38. The lowest BCUT2D eigenvalue weighted by atomic mass is 10.2. The number of carbonyl (C=O) groups is 1. The van der Waals surface area contributed by atoms with Crippen molar-refractivity contribution in [1.82, 2.24) is 5.32 Å². The number of nitrogens with zero attached hydrogens (tertiary/aromatic N) is 1. The molecule has 0 aliphatic heterocycles. The minimum absolute atomic E-state index is 0. The molecule has 0 rings (SSSR count). The summed E-state index contributed by atoms with van der Waals surface area (Å²) in [5, 5.41) is 2.85. The third-order valence-electron chi connectivity index (χ3n) is 4.91. The monoisotopic (exact) mass is 470 g/mol. The van der Waals surface area contributed by atoms with E-state index in [1.54, 1.807) is 0 Å². The first kappa shape index (κ1) is 31.8. The lowest BCUT2D eigenvalue weighted by molar-refractivity contribution is -0.928. The van der Waals surface area contributed by atoms with Crippen LogP contribution in [0.3, 0.4) is 0 Å². The Morgan fingerprint density at radius 2 is 1.27 bits per heavy atom. The van der Waals surface area contributed by atoms with Crippen LogP contribution in [-0.2, 0) is 18.0 Å². The van der Waals surface area contributed by atoms with Gasteiger partial charge in [0.2, 0.25) is 0 Å². The third kappa shape index (κ3) is 13.1. The molecule has 1 amide bonds. The number of carbonyl (C=O) groups excluding carboxylic acids is 1. The summed E-state index contributed by atoms with van der Waals surface area (Å²) >= 11 is 0. The van der Waals surface area contributed by atoms with E-state index in [0.29, 0.717) is 39.0 Å². The summed E-state index contributed by atoms with van der Waals surface area (Å²) in [6, 6.07) is 0.687. The summed E-state index contributed by atoms with van der Waals surface area (Å²) < 4.78 is 24.0. The molecule has 0 aromatic carbocycles. The third-order valence-corrected chi connectivity index (χ3v) is 8.07. The van der Waals surface area contributed by atoms with Crippen molar-refractivity contribution < 1.29 is 39.7 Å². The largest absolute Gasteiger partial charge is 1.00 e. The summed E-state index contributed by atoms with van der Waals surface area (Å²) in [4.78, 5) is 12.1. The Morgan fingerprint density at radius 3 is 1.67 bits per heavy atom. The van der Waals surface area contributed by atoms with Crippen LogP contribution in [0, 0.1) is 0 Å².